The molecule has 114 valence electrons. The van der Waals surface area contributed by atoms with Gasteiger partial charge in [0.05, 0.1) is 11.6 Å². The van der Waals surface area contributed by atoms with E-state index in [1.165, 1.54) is 0 Å². The molecule has 3 rings (SSSR count). The lowest BCUT2D eigenvalue weighted by atomic mass is 9.91. The Labute approximate surface area is 128 Å². The monoisotopic (exact) mass is 311 g/mol. The van der Waals surface area contributed by atoms with Gasteiger partial charge in [-0.25, -0.2) is 0 Å². The minimum atomic E-state index is -0.118. The maximum absolute atomic E-state index is 12.7. The first kappa shape index (κ1) is 14.5. The lowest BCUT2D eigenvalue weighted by molar-refractivity contribution is 0.0525. The first-order valence-electron chi connectivity index (χ1n) is 7.21. The van der Waals surface area contributed by atoms with Crippen molar-refractivity contribution in [2.75, 3.05) is 26.4 Å². The van der Waals surface area contributed by atoms with Crippen LogP contribution in [0.3, 0.4) is 0 Å². The van der Waals surface area contributed by atoms with Crippen molar-refractivity contribution in [1.29, 1.82) is 0 Å². The third kappa shape index (κ3) is 2.80. The molecule has 0 saturated heterocycles. The number of aliphatic hydroxyl groups is 1. The average molecular weight is 312 g/mol. The smallest absolute Gasteiger partial charge is 0.254 e. The third-order valence-corrected chi connectivity index (χ3v) is 4.24. The van der Waals surface area contributed by atoms with Gasteiger partial charge >= 0.3 is 0 Å². The van der Waals surface area contributed by atoms with Gasteiger partial charge in [0, 0.05) is 18.2 Å². The van der Waals surface area contributed by atoms with Gasteiger partial charge in [0.15, 0.2) is 11.5 Å². The molecule has 1 fully saturated rings. The molecule has 6 heteroatoms. The summed E-state index contributed by atoms with van der Waals surface area (Å²) in [4.78, 5) is 14.4. The van der Waals surface area contributed by atoms with Crippen molar-refractivity contribution in [3.63, 3.8) is 0 Å². The molecule has 0 spiro atoms. The first-order chi connectivity index (χ1) is 10.2. The zero-order valence-corrected chi connectivity index (χ0v) is 12.4. The van der Waals surface area contributed by atoms with Crippen molar-refractivity contribution in [2.24, 2.45) is 0 Å². The lowest BCUT2D eigenvalue weighted by Crippen LogP contribution is -2.45. The molecule has 5 nitrogen and oxygen atoms in total. The second kappa shape index (κ2) is 6.12. The highest BCUT2D eigenvalue weighted by Gasteiger charge is 2.30. The van der Waals surface area contributed by atoms with Gasteiger partial charge in [-0.2, -0.15) is 0 Å². The Bertz CT molecular complexity index is 545. The molecule has 0 unspecified atom stereocenters. The molecule has 2 aliphatic rings. The van der Waals surface area contributed by atoms with Crippen LogP contribution < -0.4 is 9.47 Å². The summed E-state index contributed by atoms with van der Waals surface area (Å²) in [6.07, 6.45) is 3.11. The van der Waals surface area contributed by atoms with E-state index in [4.69, 9.17) is 21.1 Å². The molecule has 1 heterocycles. The average Bonchev–Trinajstić information content (AvgIpc) is 2.44. The number of nitrogens with zero attached hydrogens (tertiary/aromatic N) is 1. The number of ether oxygens (including phenoxy) is 2. The molecular formula is C15H18ClNO4. The van der Waals surface area contributed by atoms with Gasteiger partial charge in [0.25, 0.3) is 5.91 Å². The largest absolute Gasteiger partial charge is 0.486 e. The second-order valence-corrected chi connectivity index (χ2v) is 5.70. The number of hydrogen-bond acceptors (Lipinski definition) is 4. The molecule has 0 atom stereocenters. The van der Waals surface area contributed by atoms with Crippen LogP contribution in [0.5, 0.6) is 11.5 Å². The summed E-state index contributed by atoms with van der Waals surface area (Å²) in [6, 6.07) is 3.50. The molecule has 1 aliphatic carbocycles. The molecule has 0 bridgehead atoms. The van der Waals surface area contributed by atoms with Crippen LogP contribution in [0, 0.1) is 0 Å². The van der Waals surface area contributed by atoms with Gasteiger partial charge in [0.1, 0.15) is 13.2 Å². The highest BCUT2D eigenvalue weighted by atomic mass is 35.5. The van der Waals surface area contributed by atoms with Gasteiger partial charge in [-0.3, -0.25) is 4.79 Å². The van der Waals surface area contributed by atoms with E-state index in [0.29, 0.717) is 41.8 Å². The van der Waals surface area contributed by atoms with E-state index in [-0.39, 0.29) is 18.6 Å². The molecule has 1 saturated carbocycles. The van der Waals surface area contributed by atoms with Crippen LogP contribution in [0.2, 0.25) is 5.02 Å². The number of carbonyl (C=O) groups excluding carboxylic acids is 1. The summed E-state index contributed by atoms with van der Waals surface area (Å²) < 4.78 is 11.0. The normalized spacial score (nSPS) is 17.2. The lowest BCUT2D eigenvalue weighted by Gasteiger charge is -2.37. The zero-order chi connectivity index (χ0) is 14.8. The Morgan fingerprint density at radius 1 is 1.33 bits per heavy atom. The molecule has 1 aliphatic heterocycles. The zero-order valence-electron chi connectivity index (χ0n) is 11.7. The van der Waals surface area contributed by atoms with Crippen molar-refractivity contribution >= 4 is 17.5 Å². The highest BCUT2D eigenvalue weighted by molar-refractivity contribution is 6.32. The highest BCUT2D eigenvalue weighted by Crippen LogP contribution is 2.39. The van der Waals surface area contributed by atoms with Crippen molar-refractivity contribution in [3.05, 3.63) is 22.7 Å². The van der Waals surface area contributed by atoms with Gasteiger partial charge in [0.2, 0.25) is 0 Å². The fourth-order valence-electron chi connectivity index (χ4n) is 2.66. The molecule has 0 aromatic heterocycles. The minimum absolute atomic E-state index is 0.0411. The predicted octanol–water partition coefficient (Wildman–Crippen LogP) is 2.10. The van der Waals surface area contributed by atoms with Gasteiger partial charge in [-0.1, -0.05) is 11.6 Å². The number of aliphatic hydroxyl groups excluding tert-OH is 1. The number of halogens is 1. The van der Waals surface area contributed by atoms with E-state index in [0.717, 1.165) is 19.3 Å². The fraction of sp³-hybridized carbons (Fsp3) is 0.533. The molecule has 0 radical (unpaired) electrons. The van der Waals surface area contributed by atoms with Crippen LogP contribution >= 0.6 is 11.6 Å². The van der Waals surface area contributed by atoms with Crippen LogP contribution in [-0.4, -0.2) is 48.3 Å². The summed E-state index contributed by atoms with van der Waals surface area (Å²) in [6.45, 7) is 1.21. The van der Waals surface area contributed by atoms with Gasteiger partial charge in [-0.05, 0) is 31.4 Å². The van der Waals surface area contributed by atoms with E-state index >= 15 is 0 Å². The van der Waals surface area contributed by atoms with Crippen molar-refractivity contribution in [1.82, 2.24) is 4.90 Å². The van der Waals surface area contributed by atoms with E-state index < -0.39 is 0 Å². The molecule has 1 N–H and O–H groups in total. The molecule has 1 amide bonds. The standard InChI is InChI=1S/C15H18ClNO4/c16-12-8-10(9-13-14(12)21-7-6-20-13)15(19)17(4-5-18)11-2-1-3-11/h8-9,11,18H,1-7H2. The first-order valence-corrected chi connectivity index (χ1v) is 7.59. The number of amides is 1. The van der Waals surface area contributed by atoms with E-state index in [1.807, 2.05) is 0 Å². The summed E-state index contributed by atoms with van der Waals surface area (Å²) in [7, 11) is 0. The molecule has 1 aromatic carbocycles. The van der Waals surface area contributed by atoms with E-state index in [2.05, 4.69) is 0 Å². The van der Waals surface area contributed by atoms with Crippen molar-refractivity contribution in [2.45, 2.75) is 25.3 Å². The van der Waals surface area contributed by atoms with Crippen molar-refractivity contribution in [3.8, 4) is 11.5 Å². The Morgan fingerprint density at radius 3 is 2.76 bits per heavy atom. The van der Waals surface area contributed by atoms with Crippen LogP contribution in [0.4, 0.5) is 0 Å². The second-order valence-electron chi connectivity index (χ2n) is 5.29. The summed E-state index contributed by atoms with van der Waals surface area (Å²) in [5.41, 5.74) is 0.476. The number of benzene rings is 1. The van der Waals surface area contributed by atoms with E-state index in [9.17, 15) is 9.90 Å². The maximum atomic E-state index is 12.7. The Hall–Kier alpha value is -1.46. The SMILES string of the molecule is O=C(c1cc(Cl)c2c(c1)OCCO2)N(CCO)C1CCC1. The summed E-state index contributed by atoms with van der Waals surface area (Å²) >= 11 is 6.18. The van der Waals surface area contributed by atoms with Crippen molar-refractivity contribution < 1.29 is 19.4 Å². The molecule has 1 aromatic rings. The maximum Gasteiger partial charge on any atom is 0.254 e. The fourth-order valence-corrected chi connectivity index (χ4v) is 2.92. The van der Waals surface area contributed by atoms with Crippen LogP contribution in [0.1, 0.15) is 29.6 Å². The Morgan fingerprint density at radius 2 is 2.10 bits per heavy atom. The van der Waals surface area contributed by atoms with Crippen LogP contribution in [0.15, 0.2) is 12.1 Å². The Kier molecular flexibility index (Phi) is 4.22. The number of carbonyl (C=O) groups is 1. The summed E-state index contributed by atoms with van der Waals surface area (Å²) in [5.74, 6) is 0.888. The number of fused-ring (bicyclic) bond motifs is 1. The topological polar surface area (TPSA) is 59.0 Å². The third-order valence-electron chi connectivity index (χ3n) is 3.96. The van der Waals surface area contributed by atoms with Gasteiger partial charge in [-0.15, -0.1) is 0 Å². The number of rotatable bonds is 4. The summed E-state index contributed by atoms with van der Waals surface area (Å²) in [5, 5.41) is 9.57. The van der Waals surface area contributed by atoms with E-state index in [1.54, 1.807) is 17.0 Å². The molecular weight excluding hydrogens is 294 g/mol. The van der Waals surface area contributed by atoms with Crippen LogP contribution in [-0.2, 0) is 0 Å². The quantitative estimate of drug-likeness (QED) is 0.925. The number of hydrogen-bond donors (Lipinski definition) is 1. The van der Waals surface area contributed by atoms with Crippen LogP contribution in [0.25, 0.3) is 0 Å². The Balaban J connectivity index is 1.87. The minimum Gasteiger partial charge on any atom is -0.486 e. The van der Waals surface area contributed by atoms with Gasteiger partial charge < -0.3 is 19.5 Å². The predicted molar refractivity (Wildman–Crippen MR) is 78.2 cm³/mol. The molecule has 21 heavy (non-hydrogen) atoms.